The predicted molar refractivity (Wildman–Crippen MR) is 112 cm³/mol. The van der Waals surface area contributed by atoms with E-state index in [1.54, 1.807) is 7.11 Å². The molecule has 0 spiro atoms. The smallest absolute Gasteiger partial charge is 0.179 e. The average molecular weight is 392 g/mol. The highest BCUT2D eigenvalue weighted by molar-refractivity contribution is 6.32. The minimum Gasteiger partial charge on any atom is -0.493 e. The molecule has 0 heterocycles. The van der Waals surface area contributed by atoms with E-state index >= 15 is 0 Å². The van der Waals surface area contributed by atoms with Gasteiger partial charge in [0.2, 0.25) is 0 Å². The van der Waals surface area contributed by atoms with Gasteiger partial charge in [-0.1, -0.05) is 50.6 Å². The van der Waals surface area contributed by atoms with Gasteiger partial charge in [-0.25, -0.2) is 0 Å². The summed E-state index contributed by atoms with van der Waals surface area (Å²) >= 11 is 6.37. The van der Waals surface area contributed by atoms with Gasteiger partial charge in [-0.15, -0.1) is 0 Å². The standard InChI is InChI=1S/C22H30ClNO3/c1-15-7-6-8-17(22(2,3)4)20(15)26-11-12-27-21-18(23)13-16(9-10-24)14-19(21)25-5/h6-8,13-14H,9-12,24H2,1-5H3. The minimum absolute atomic E-state index is 0.00750. The van der Waals surface area contributed by atoms with Crippen LogP contribution in [0, 0.1) is 6.92 Å². The van der Waals surface area contributed by atoms with Crippen molar-refractivity contribution in [2.24, 2.45) is 5.73 Å². The number of ether oxygens (including phenoxy) is 3. The van der Waals surface area contributed by atoms with E-state index in [1.165, 1.54) is 5.56 Å². The molecular formula is C22H30ClNO3. The molecule has 2 N–H and O–H groups in total. The van der Waals surface area contributed by atoms with Crippen molar-refractivity contribution in [3.63, 3.8) is 0 Å². The second kappa shape index (κ2) is 9.34. The summed E-state index contributed by atoms with van der Waals surface area (Å²) in [4.78, 5) is 0. The first kappa shape index (κ1) is 21.4. The molecule has 0 unspecified atom stereocenters. The zero-order chi connectivity index (χ0) is 20.0. The molecule has 0 fully saturated rings. The number of halogens is 1. The Labute approximate surface area is 167 Å². The fourth-order valence-corrected chi connectivity index (χ4v) is 3.23. The number of methoxy groups -OCH3 is 1. The van der Waals surface area contributed by atoms with Crippen molar-refractivity contribution in [3.05, 3.63) is 52.0 Å². The molecule has 148 valence electrons. The number of aryl methyl sites for hydroxylation is 1. The van der Waals surface area contributed by atoms with Crippen LogP contribution in [0.5, 0.6) is 17.2 Å². The normalized spacial score (nSPS) is 11.4. The summed E-state index contributed by atoms with van der Waals surface area (Å²) in [6.07, 6.45) is 0.738. The summed E-state index contributed by atoms with van der Waals surface area (Å²) in [5.41, 5.74) is 8.95. The lowest BCUT2D eigenvalue weighted by atomic mass is 9.85. The molecule has 0 amide bonds. The van der Waals surface area contributed by atoms with Crippen LogP contribution >= 0.6 is 11.6 Å². The first-order valence-electron chi connectivity index (χ1n) is 9.20. The number of rotatable bonds is 8. The predicted octanol–water partition coefficient (Wildman–Crippen LogP) is 4.91. The average Bonchev–Trinajstić information content (AvgIpc) is 2.60. The topological polar surface area (TPSA) is 53.7 Å². The molecule has 4 nitrogen and oxygen atoms in total. The summed E-state index contributed by atoms with van der Waals surface area (Å²) in [6.45, 7) is 9.93. The van der Waals surface area contributed by atoms with Crippen LogP contribution in [-0.4, -0.2) is 26.9 Å². The lowest BCUT2D eigenvalue weighted by molar-refractivity contribution is 0.208. The van der Waals surface area contributed by atoms with Gasteiger partial charge in [0.25, 0.3) is 0 Å². The SMILES string of the molecule is COc1cc(CCN)cc(Cl)c1OCCOc1c(C)cccc1C(C)(C)C. The second-order valence-corrected chi connectivity index (χ2v) is 7.95. The summed E-state index contributed by atoms with van der Waals surface area (Å²) in [7, 11) is 1.60. The van der Waals surface area contributed by atoms with Gasteiger partial charge in [0, 0.05) is 0 Å². The van der Waals surface area contributed by atoms with E-state index in [9.17, 15) is 0 Å². The molecule has 0 radical (unpaired) electrons. The third-order valence-electron chi connectivity index (χ3n) is 4.32. The lowest BCUT2D eigenvalue weighted by Gasteiger charge is -2.24. The molecule has 2 aromatic rings. The van der Waals surface area contributed by atoms with Crippen LogP contribution in [0.3, 0.4) is 0 Å². The van der Waals surface area contributed by atoms with Gasteiger partial charge in [-0.05, 0) is 54.1 Å². The first-order chi connectivity index (χ1) is 12.8. The van der Waals surface area contributed by atoms with Crippen LogP contribution < -0.4 is 19.9 Å². The Morgan fingerprint density at radius 3 is 2.30 bits per heavy atom. The molecule has 0 saturated heterocycles. The van der Waals surface area contributed by atoms with Crippen molar-refractivity contribution in [1.82, 2.24) is 0 Å². The Hall–Kier alpha value is -1.91. The molecule has 2 rings (SSSR count). The quantitative estimate of drug-likeness (QED) is 0.649. The third kappa shape index (κ3) is 5.53. The zero-order valence-electron chi connectivity index (χ0n) is 16.9. The van der Waals surface area contributed by atoms with Gasteiger partial charge >= 0.3 is 0 Å². The highest BCUT2D eigenvalue weighted by atomic mass is 35.5. The van der Waals surface area contributed by atoms with Crippen LogP contribution in [0.15, 0.2) is 30.3 Å². The fraction of sp³-hybridized carbons (Fsp3) is 0.455. The summed E-state index contributed by atoms with van der Waals surface area (Å²) in [5, 5.41) is 0.518. The number of nitrogens with two attached hydrogens (primary N) is 1. The van der Waals surface area contributed by atoms with Crippen molar-refractivity contribution >= 4 is 11.6 Å². The van der Waals surface area contributed by atoms with E-state index in [2.05, 4.69) is 45.9 Å². The highest BCUT2D eigenvalue weighted by Gasteiger charge is 2.20. The lowest BCUT2D eigenvalue weighted by Crippen LogP contribution is -2.17. The van der Waals surface area contributed by atoms with Crippen molar-refractivity contribution < 1.29 is 14.2 Å². The van der Waals surface area contributed by atoms with Crippen LogP contribution in [-0.2, 0) is 11.8 Å². The number of hydrogen-bond acceptors (Lipinski definition) is 4. The molecule has 0 aliphatic rings. The van der Waals surface area contributed by atoms with Crippen molar-refractivity contribution in [2.75, 3.05) is 26.9 Å². The molecule has 0 atom stereocenters. The second-order valence-electron chi connectivity index (χ2n) is 7.55. The zero-order valence-corrected chi connectivity index (χ0v) is 17.7. The molecule has 0 aliphatic carbocycles. The largest absolute Gasteiger partial charge is 0.493 e. The van der Waals surface area contributed by atoms with E-state index in [-0.39, 0.29) is 5.41 Å². The third-order valence-corrected chi connectivity index (χ3v) is 4.60. The van der Waals surface area contributed by atoms with E-state index in [4.69, 9.17) is 31.5 Å². The van der Waals surface area contributed by atoms with Gasteiger partial charge in [0.15, 0.2) is 11.5 Å². The van der Waals surface area contributed by atoms with Crippen LogP contribution in [0.4, 0.5) is 0 Å². The van der Waals surface area contributed by atoms with Crippen molar-refractivity contribution in [2.45, 2.75) is 39.5 Å². The molecule has 27 heavy (non-hydrogen) atoms. The Kier molecular flexibility index (Phi) is 7.40. The number of benzene rings is 2. The maximum atomic E-state index is 6.37. The maximum Gasteiger partial charge on any atom is 0.179 e. The summed E-state index contributed by atoms with van der Waals surface area (Å²) in [6, 6.07) is 10.0. The molecule has 2 aromatic carbocycles. The highest BCUT2D eigenvalue weighted by Crippen LogP contribution is 2.37. The minimum atomic E-state index is 0.00750. The van der Waals surface area contributed by atoms with Crippen LogP contribution in [0.2, 0.25) is 5.02 Å². The Balaban J connectivity index is 2.06. The van der Waals surface area contributed by atoms with Gasteiger partial charge in [0.05, 0.1) is 12.1 Å². The van der Waals surface area contributed by atoms with E-state index in [0.29, 0.717) is 36.3 Å². The van der Waals surface area contributed by atoms with Gasteiger partial charge in [-0.3, -0.25) is 0 Å². The van der Waals surface area contributed by atoms with Gasteiger partial charge < -0.3 is 19.9 Å². The molecule has 0 aliphatic heterocycles. The number of hydrogen-bond donors (Lipinski definition) is 1. The van der Waals surface area contributed by atoms with Crippen molar-refractivity contribution in [1.29, 1.82) is 0 Å². The van der Waals surface area contributed by atoms with Gasteiger partial charge in [0.1, 0.15) is 19.0 Å². The monoisotopic (exact) mass is 391 g/mol. The molecule has 0 saturated carbocycles. The molecular weight excluding hydrogens is 362 g/mol. The molecule has 0 bridgehead atoms. The summed E-state index contributed by atoms with van der Waals surface area (Å²) < 4.78 is 17.4. The van der Waals surface area contributed by atoms with E-state index < -0.39 is 0 Å². The Morgan fingerprint density at radius 2 is 1.70 bits per heavy atom. The van der Waals surface area contributed by atoms with Gasteiger partial charge in [-0.2, -0.15) is 0 Å². The Morgan fingerprint density at radius 1 is 1.04 bits per heavy atom. The maximum absolute atomic E-state index is 6.37. The van der Waals surface area contributed by atoms with E-state index in [1.807, 2.05) is 12.1 Å². The fourth-order valence-electron chi connectivity index (χ4n) is 2.95. The van der Waals surface area contributed by atoms with Crippen LogP contribution in [0.25, 0.3) is 0 Å². The Bertz CT molecular complexity index is 769. The molecule has 0 aromatic heterocycles. The molecule has 5 heteroatoms. The summed E-state index contributed by atoms with van der Waals surface area (Å²) in [5.74, 6) is 2.06. The van der Waals surface area contributed by atoms with Crippen LogP contribution in [0.1, 0.15) is 37.5 Å². The van der Waals surface area contributed by atoms with E-state index in [0.717, 1.165) is 23.3 Å². The number of para-hydroxylation sites is 1. The first-order valence-corrected chi connectivity index (χ1v) is 9.58. The van der Waals surface area contributed by atoms with Crippen molar-refractivity contribution in [3.8, 4) is 17.2 Å².